The Morgan fingerprint density at radius 3 is 2.88 bits per heavy atom. The largest absolute Gasteiger partial charge is 0.389 e. The Labute approximate surface area is 143 Å². The van der Waals surface area contributed by atoms with Crippen LogP contribution in [0.3, 0.4) is 0 Å². The van der Waals surface area contributed by atoms with Crippen molar-refractivity contribution in [1.82, 2.24) is 9.88 Å². The van der Waals surface area contributed by atoms with Gasteiger partial charge in [0.05, 0.1) is 5.60 Å². The van der Waals surface area contributed by atoms with Crippen molar-refractivity contribution in [2.45, 2.75) is 31.8 Å². The first-order valence-corrected chi connectivity index (χ1v) is 8.78. The lowest BCUT2D eigenvalue weighted by atomic mass is 9.70. The fourth-order valence-electron chi connectivity index (χ4n) is 4.01. The second-order valence-corrected chi connectivity index (χ2v) is 6.96. The first kappa shape index (κ1) is 17.2. The van der Waals surface area contributed by atoms with E-state index in [0.717, 1.165) is 26.1 Å². The number of aliphatic hydroxyl groups is 1. The molecule has 2 fully saturated rings. The SMILES string of the molecule is CNc1cc(C(=O)N2CC[C@@](O)(C3CCOCC3)[C@H](C)C2)ccn1. The summed E-state index contributed by atoms with van der Waals surface area (Å²) in [5.41, 5.74) is -0.0485. The maximum absolute atomic E-state index is 12.8. The highest BCUT2D eigenvalue weighted by molar-refractivity contribution is 5.94. The van der Waals surface area contributed by atoms with Crippen LogP contribution in [-0.2, 0) is 4.74 Å². The van der Waals surface area contributed by atoms with E-state index in [4.69, 9.17) is 4.74 Å². The molecule has 2 saturated heterocycles. The van der Waals surface area contributed by atoms with Crippen LogP contribution in [0.1, 0.15) is 36.5 Å². The number of nitrogens with zero attached hydrogens (tertiary/aromatic N) is 2. The highest BCUT2D eigenvalue weighted by Crippen LogP contribution is 2.39. The number of hydrogen-bond donors (Lipinski definition) is 2. The maximum Gasteiger partial charge on any atom is 0.254 e. The zero-order chi connectivity index (χ0) is 17.2. The number of pyridine rings is 1. The molecule has 3 rings (SSSR count). The molecule has 0 saturated carbocycles. The third-order valence-corrected chi connectivity index (χ3v) is 5.61. The fraction of sp³-hybridized carbons (Fsp3) is 0.667. The molecule has 2 atom stereocenters. The molecule has 6 heteroatoms. The van der Waals surface area contributed by atoms with Crippen LogP contribution in [0, 0.1) is 11.8 Å². The van der Waals surface area contributed by atoms with Crippen LogP contribution in [0.5, 0.6) is 0 Å². The number of carbonyl (C=O) groups is 1. The first-order chi connectivity index (χ1) is 11.5. The van der Waals surface area contributed by atoms with Gasteiger partial charge in [-0.2, -0.15) is 0 Å². The summed E-state index contributed by atoms with van der Waals surface area (Å²) in [7, 11) is 1.79. The van der Waals surface area contributed by atoms with Gasteiger partial charge in [-0.05, 0) is 37.3 Å². The van der Waals surface area contributed by atoms with Gasteiger partial charge in [-0.3, -0.25) is 4.79 Å². The molecule has 1 amide bonds. The van der Waals surface area contributed by atoms with Crippen molar-refractivity contribution < 1.29 is 14.6 Å². The first-order valence-electron chi connectivity index (χ1n) is 8.78. The Morgan fingerprint density at radius 1 is 1.46 bits per heavy atom. The minimum absolute atomic E-state index is 0.00905. The number of piperidine rings is 1. The van der Waals surface area contributed by atoms with E-state index in [0.29, 0.717) is 30.9 Å². The van der Waals surface area contributed by atoms with Gasteiger partial charge in [-0.15, -0.1) is 0 Å². The Kier molecular flexibility index (Phi) is 5.06. The molecule has 24 heavy (non-hydrogen) atoms. The predicted molar refractivity (Wildman–Crippen MR) is 92.0 cm³/mol. The smallest absolute Gasteiger partial charge is 0.254 e. The number of carbonyl (C=O) groups excluding carboxylic acids is 1. The van der Waals surface area contributed by atoms with Crippen molar-refractivity contribution in [3.8, 4) is 0 Å². The predicted octanol–water partition coefficient (Wildman–Crippen LogP) is 1.76. The van der Waals surface area contributed by atoms with E-state index in [2.05, 4.69) is 17.2 Å². The van der Waals surface area contributed by atoms with E-state index in [1.807, 2.05) is 4.90 Å². The number of amides is 1. The zero-order valence-electron chi connectivity index (χ0n) is 14.5. The van der Waals surface area contributed by atoms with Crippen LogP contribution in [0.15, 0.2) is 18.3 Å². The van der Waals surface area contributed by atoms with Gasteiger partial charge in [0.15, 0.2) is 0 Å². The minimum Gasteiger partial charge on any atom is -0.389 e. The lowest BCUT2D eigenvalue weighted by Gasteiger charge is -2.48. The highest BCUT2D eigenvalue weighted by atomic mass is 16.5. The molecule has 0 aliphatic carbocycles. The van der Waals surface area contributed by atoms with E-state index in [-0.39, 0.29) is 17.7 Å². The van der Waals surface area contributed by atoms with Gasteiger partial charge in [0, 0.05) is 51.0 Å². The van der Waals surface area contributed by atoms with Gasteiger partial charge in [-0.1, -0.05) is 6.92 Å². The van der Waals surface area contributed by atoms with E-state index in [1.165, 1.54) is 0 Å². The summed E-state index contributed by atoms with van der Waals surface area (Å²) in [5.74, 6) is 1.03. The molecule has 2 N–H and O–H groups in total. The minimum atomic E-state index is -0.686. The third-order valence-electron chi connectivity index (χ3n) is 5.61. The third kappa shape index (κ3) is 3.26. The van der Waals surface area contributed by atoms with E-state index >= 15 is 0 Å². The average Bonchev–Trinajstić information content (AvgIpc) is 2.64. The van der Waals surface area contributed by atoms with Crippen LogP contribution in [0.25, 0.3) is 0 Å². The van der Waals surface area contributed by atoms with Gasteiger partial charge in [-0.25, -0.2) is 4.98 Å². The number of anilines is 1. The molecule has 1 aromatic rings. The summed E-state index contributed by atoms with van der Waals surface area (Å²) in [4.78, 5) is 18.8. The number of rotatable bonds is 3. The van der Waals surface area contributed by atoms with Gasteiger partial charge in [0.25, 0.3) is 5.91 Å². The molecule has 0 radical (unpaired) electrons. The number of nitrogens with one attached hydrogen (secondary N) is 1. The molecule has 132 valence electrons. The Balaban J connectivity index is 1.69. The van der Waals surface area contributed by atoms with Crippen LogP contribution < -0.4 is 5.32 Å². The average molecular weight is 333 g/mol. The van der Waals surface area contributed by atoms with E-state index in [9.17, 15) is 9.90 Å². The molecule has 2 aliphatic heterocycles. The quantitative estimate of drug-likeness (QED) is 0.882. The number of likely N-dealkylation sites (tertiary alicyclic amines) is 1. The van der Waals surface area contributed by atoms with Gasteiger partial charge in [0.1, 0.15) is 5.82 Å². The Morgan fingerprint density at radius 2 is 2.21 bits per heavy atom. The van der Waals surface area contributed by atoms with Crippen molar-refractivity contribution in [3.05, 3.63) is 23.9 Å². The second-order valence-electron chi connectivity index (χ2n) is 6.96. The normalized spacial score (nSPS) is 28.6. The molecule has 0 bridgehead atoms. The van der Waals surface area contributed by atoms with Crippen molar-refractivity contribution >= 4 is 11.7 Å². The molecular weight excluding hydrogens is 306 g/mol. The second kappa shape index (κ2) is 7.07. The van der Waals surface area contributed by atoms with Gasteiger partial charge >= 0.3 is 0 Å². The standard InChI is InChI=1S/C18H27N3O3/c1-13-12-21(17(22)14-3-7-20-16(11-14)19-2)8-6-18(13,23)15-4-9-24-10-5-15/h3,7,11,13,15,23H,4-6,8-10,12H2,1-2H3,(H,19,20)/t13-,18+/m1/s1. The van der Waals surface area contributed by atoms with Crippen molar-refractivity contribution in [1.29, 1.82) is 0 Å². The lowest BCUT2D eigenvalue weighted by Crippen LogP contribution is -2.56. The summed E-state index contributed by atoms with van der Waals surface area (Å²) >= 11 is 0. The summed E-state index contributed by atoms with van der Waals surface area (Å²) in [6, 6.07) is 3.51. The summed E-state index contributed by atoms with van der Waals surface area (Å²) < 4.78 is 5.42. The monoisotopic (exact) mass is 333 g/mol. The van der Waals surface area contributed by atoms with E-state index < -0.39 is 5.60 Å². The topological polar surface area (TPSA) is 74.7 Å². The number of ether oxygens (including phenoxy) is 1. The van der Waals surface area contributed by atoms with E-state index in [1.54, 1.807) is 25.4 Å². The molecule has 6 nitrogen and oxygen atoms in total. The fourth-order valence-corrected chi connectivity index (χ4v) is 4.01. The zero-order valence-corrected chi connectivity index (χ0v) is 14.5. The summed E-state index contributed by atoms with van der Waals surface area (Å²) in [5, 5.41) is 14.2. The summed E-state index contributed by atoms with van der Waals surface area (Å²) in [6.07, 6.45) is 4.09. The molecule has 0 unspecified atom stereocenters. The molecule has 3 heterocycles. The Bertz CT molecular complexity index is 589. The van der Waals surface area contributed by atoms with Crippen molar-refractivity contribution in [2.75, 3.05) is 38.7 Å². The van der Waals surface area contributed by atoms with Crippen LogP contribution in [0.2, 0.25) is 0 Å². The maximum atomic E-state index is 12.8. The van der Waals surface area contributed by atoms with Crippen molar-refractivity contribution in [2.24, 2.45) is 11.8 Å². The van der Waals surface area contributed by atoms with Crippen molar-refractivity contribution in [3.63, 3.8) is 0 Å². The lowest BCUT2D eigenvalue weighted by molar-refractivity contribution is -0.125. The van der Waals surface area contributed by atoms with Crippen LogP contribution >= 0.6 is 0 Å². The van der Waals surface area contributed by atoms with Crippen LogP contribution in [0.4, 0.5) is 5.82 Å². The Hall–Kier alpha value is -1.66. The molecule has 0 spiro atoms. The van der Waals surface area contributed by atoms with Crippen LogP contribution in [-0.4, -0.2) is 59.8 Å². The number of hydrogen-bond acceptors (Lipinski definition) is 5. The summed E-state index contributed by atoms with van der Waals surface area (Å²) in [6.45, 7) is 4.69. The number of aromatic nitrogens is 1. The van der Waals surface area contributed by atoms with Gasteiger partial charge < -0.3 is 20.1 Å². The molecule has 2 aliphatic rings. The molecule has 0 aromatic carbocycles. The van der Waals surface area contributed by atoms with Gasteiger partial charge in [0.2, 0.25) is 0 Å². The molecule has 1 aromatic heterocycles. The molecular formula is C18H27N3O3. The highest BCUT2D eigenvalue weighted by Gasteiger charge is 2.46.